The normalized spacial score (nSPS) is 11.1. The first kappa shape index (κ1) is 19.1. The highest BCUT2D eigenvalue weighted by Gasteiger charge is 2.15. The summed E-state index contributed by atoms with van der Waals surface area (Å²) in [6.45, 7) is -0.159. The first-order chi connectivity index (χ1) is 15.1. The van der Waals surface area contributed by atoms with Crippen molar-refractivity contribution in [1.29, 1.82) is 0 Å². The molecule has 0 bridgehead atoms. The monoisotopic (exact) mass is 429 g/mol. The van der Waals surface area contributed by atoms with Crippen molar-refractivity contribution >= 4 is 43.9 Å². The molecule has 1 N–H and O–H groups in total. The zero-order valence-electron chi connectivity index (χ0n) is 16.2. The fourth-order valence-electron chi connectivity index (χ4n) is 3.54. The van der Waals surface area contributed by atoms with Crippen LogP contribution in [0.1, 0.15) is 0 Å². The zero-order valence-corrected chi connectivity index (χ0v) is 17.0. The van der Waals surface area contributed by atoms with Crippen molar-refractivity contribution < 1.29 is 9.18 Å². The first-order valence-electron chi connectivity index (χ1n) is 9.60. The van der Waals surface area contributed by atoms with E-state index in [-0.39, 0.29) is 23.8 Å². The molecule has 0 atom stereocenters. The SMILES string of the molecule is O=C(Cn1cnc2scc(-c3ccc(F)cc3)c2c1=O)Nc1ccc2ccccc2c1. The molecule has 3 aromatic carbocycles. The number of carbonyl (C=O) groups excluding carboxylic acids is 1. The molecule has 2 aromatic heterocycles. The molecule has 31 heavy (non-hydrogen) atoms. The Bertz CT molecular complexity index is 1490. The summed E-state index contributed by atoms with van der Waals surface area (Å²) in [4.78, 5) is 30.6. The van der Waals surface area contributed by atoms with Crippen molar-refractivity contribution in [1.82, 2.24) is 9.55 Å². The maximum absolute atomic E-state index is 13.3. The van der Waals surface area contributed by atoms with Crippen LogP contribution in [0.25, 0.3) is 32.1 Å². The predicted molar refractivity (Wildman–Crippen MR) is 122 cm³/mol. The lowest BCUT2D eigenvalue weighted by Gasteiger charge is -2.09. The van der Waals surface area contributed by atoms with Gasteiger partial charge in [0, 0.05) is 16.6 Å². The quantitative estimate of drug-likeness (QED) is 0.435. The van der Waals surface area contributed by atoms with Crippen LogP contribution in [0, 0.1) is 5.82 Å². The summed E-state index contributed by atoms with van der Waals surface area (Å²) in [5.41, 5.74) is 1.76. The lowest BCUT2D eigenvalue weighted by Crippen LogP contribution is -2.27. The predicted octanol–water partition coefficient (Wildman–Crippen LogP) is 5.06. The molecule has 7 heteroatoms. The maximum Gasteiger partial charge on any atom is 0.263 e. The van der Waals surface area contributed by atoms with Gasteiger partial charge in [-0.05, 0) is 40.6 Å². The fraction of sp³-hybridized carbons (Fsp3) is 0.0417. The Balaban J connectivity index is 1.43. The lowest BCUT2D eigenvalue weighted by atomic mass is 10.1. The summed E-state index contributed by atoms with van der Waals surface area (Å²) < 4.78 is 14.6. The van der Waals surface area contributed by atoms with Crippen LogP contribution in [-0.4, -0.2) is 15.5 Å². The second-order valence-corrected chi connectivity index (χ2v) is 7.98. The molecule has 0 aliphatic rings. The van der Waals surface area contributed by atoms with Gasteiger partial charge in [-0.25, -0.2) is 9.37 Å². The minimum absolute atomic E-state index is 0.159. The van der Waals surface area contributed by atoms with Crippen molar-refractivity contribution in [3.63, 3.8) is 0 Å². The van der Waals surface area contributed by atoms with Gasteiger partial charge >= 0.3 is 0 Å². The molecule has 152 valence electrons. The summed E-state index contributed by atoms with van der Waals surface area (Å²) in [6, 6.07) is 19.5. The number of nitrogens with zero attached hydrogens (tertiary/aromatic N) is 2. The van der Waals surface area contributed by atoms with Gasteiger partial charge in [-0.3, -0.25) is 14.2 Å². The molecule has 0 aliphatic carbocycles. The topological polar surface area (TPSA) is 64.0 Å². The van der Waals surface area contributed by atoms with Gasteiger partial charge in [0.2, 0.25) is 5.91 Å². The number of benzene rings is 3. The van der Waals surface area contributed by atoms with Gasteiger partial charge < -0.3 is 5.32 Å². The lowest BCUT2D eigenvalue weighted by molar-refractivity contribution is -0.116. The van der Waals surface area contributed by atoms with Crippen molar-refractivity contribution in [2.45, 2.75) is 6.54 Å². The average Bonchev–Trinajstić information content (AvgIpc) is 3.21. The number of thiophene rings is 1. The Morgan fingerprint density at radius 1 is 1.03 bits per heavy atom. The molecule has 0 aliphatic heterocycles. The van der Waals surface area contributed by atoms with Crippen LogP contribution in [0.4, 0.5) is 10.1 Å². The van der Waals surface area contributed by atoms with Crippen molar-refractivity contribution in [3.05, 3.63) is 94.6 Å². The molecule has 0 unspecified atom stereocenters. The van der Waals surface area contributed by atoms with E-state index in [0.717, 1.165) is 16.3 Å². The van der Waals surface area contributed by atoms with Gasteiger partial charge in [0.15, 0.2) is 0 Å². The standard InChI is InChI=1S/C24H16FN3O2S/c25-18-8-5-16(6-9-18)20-13-31-23-22(20)24(30)28(14-26-23)12-21(29)27-19-10-7-15-3-1-2-4-17(15)11-19/h1-11,13-14H,12H2,(H,27,29). The number of anilines is 1. The third kappa shape index (κ3) is 3.71. The first-order valence-corrected chi connectivity index (χ1v) is 10.5. The molecule has 0 saturated heterocycles. The van der Waals surface area contributed by atoms with Crippen molar-refractivity contribution in [3.8, 4) is 11.1 Å². The second-order valence-electron chi connectivity index (χ2n) is 7.12. The van der Waals surface area contributed by atoms with Gasteiger partial charge in [0.25, 0.3) is 5.56 Å². The third-order valence-corrected chi connectivity index (χ3v) is 5.95. The van der Waals surface area contributed by atoms with Gasteiger partial charge in [-0.1, -0.05) is 42.5 Å². The molecule has 0 radical (unpaired) electrons. The molecule has 2 heterocycles. The molecule has 0 fully saturated rings. The Hall–Kier alpha value is -3.84. The Morgan fingerprint density at radius 2 is 1.81 bits per heavy atom. The number of rotatable bonds is 4. The molecule has 5 aromatic rings. The molecule has 5 rings (SSSR count). The minimum Gasteiger partial charge on any atom is -0.325 e. The van der Waals surface area contributed by atoms with Crippen molar-refractivity contribution in [2.75, 3.05) is 5.32 Å². The number of aromatic nitrogens is 2. The summed E-state index contributed by atoms with van der Waals surface area (Å²) in [6.07, 6.45) is 1.38. The summed E-state index contributed by atoms with van der Waals surface area (Å²) in [7, 11) is 0. The summed E-state index contributed by atoms with van der Waals surface area (Å²) in [5, 5.41) is 7.19. The highest BCUT2D eigenvalue weighted by Crippen LogP contribution is 2.30. The number of halogens is 1. The van der Waals surface area contributed by atoms with E-state index in [4.69, 9.17) is 0 Å². The Morgan fingerprint density at radius 3 is 2.61 bits per heavy atom. The van der Waals surface area contributed by atoms with Crippen LogP contribution in [0.2, 0.25) is 0 Å². The smallest absolute Gasteiger partial charge is 0.263 e. The van der Waals surface area contributed by atoms with Gasteiger partial charge in [-0.15, -0.1) is 11.3 Å². The minimum atomic E-state index is -0.343. The van der Waals surface area contributed by atoms with Crippen LogP contribution >= 0.6 is 11.3 Å². The van der Waals surface area contributed by atoms with Crippen LogP contribution in [0.15, 0.2) is 83.2 Å². The molecule has 1 amide bonds. The average molecular weight is 429 g/mol. The van der Waals surface area contributed by atoms with E-state index >= 15 is 0 Å². The van der Waals surface area contributed by atoms with Crippen LogP contribution in [-0.2, 0) is 11.3 Å². The fourth-order valence-corrected chi connectivity index (χ4v) is 4.45. The van der Waals surface area contributed by atoms with Gasteiger partial charge in [0.05, 0.1) is 11.7 Å². The number of fused-ring (bicyclic) bond motifs is 2. The summed E-state index contributed by atoms with van der Waals surface area (Å²) in [5.74, 6) is -0.665. The largest absolute Gasteiger partial charge is 0.325 e. The molecule has 0 spiro atoms. The molecule has 0 saturated carbocycles. The van der Waals surface area contributed by atoms with Gasteiger partial charge in [-0.2, -0.15) is 0 Å². The van der Waals surface area contributed by atoms with E-state index in [1.165, 1.54) is 34.4 Å². The maximum atomic E-state index is 13.3. The third-order valence-electron chi connectivity index (χ3n) is 5.06. The zero-order chi connectivity index (χ0) is 21.4. The Kier molecular flexibility index (Phi) is 4.80. The van der Waals surface area contributed by atoms with E-state index in [1.54, 1.807) is 12.1 Å². The van der Waals surface area contributed by atoms with E-state index in [1.807, 2.05) is 47.8 Å². The van der Waals surface area contributed by atoms with Gasteiger partial charge in [0.1, 0.15) is 17.2 Å². The van der Waals surface area contributed by atoms with Crippen LogP contribution in [0.5, 0.6) is 0 Å². The molecule has 5 nitrogen and oxygen atoms in total. The van der Waals surface area contributed by atoms with E-state index in [0.29, 0.717) is 21.5 Å². The number of amides is 1. The number of hydrogen-bond acceptors (Lipinski definition) is 4. The number of nitrogens with one attached hydrogen (secondary N) is 1. The highest BCUT2D eigenvalue weighted by atomic mass is 32.1. The van der Waals surface area contributed by atoms with E-state index < -0.39 is 0 Å². The molecular weight excluding hydrogens is 413 g/mol. The highest BCUT2D eigenvalue weighted by molar-refractivity contribution is 7.17. The van der Waals surface area contributed by atoms with Crippen LogP contribution < -0.4 is 10.9 Å². The van der Waals surface area contributed by atoms with Crippen molar-refractivity contribution in [2.24, 2.45) is 0 Å². The molecular formula is C24H16FN3O2S. The second kappa shape index (κ2) is 7.77. The summed E-state index contributed by atoms with van der Waals surface area (Å²) >= 11 is 1.34. The van der Waals surface area contributed by atoms with E-state index in [2.05, 4.69) is 10.3 Å². The number of hydrogen-bond donors (Lipinski definition) is 1. The number of carbonyl (C=O) groups is 1. The Labute approximate surface area is 180 Å². The van der Waals surface area contributed by atoms with Crippen LogP contribution in [0.3, 0.4) is 0 Å². The van der Waals surface area contributed by atoms with E-state index in [9.17, 15) is 14.0 Å².